The van der Waals surface area contributed by atoms with E-state index in [1.807, 2.05) is 6.07 Å². The van der Waals surface area contributed by atoms with E-state index in [4.69, 9.17) is 4.42 Å². The van der Waals surface area contributed by atoms with Crippen molar-refractivity contribution in [2.75, 3.05) is 0 Å². The summed E-state index contributed by atoms with van der Waals surface area (Å²) in [6.07, 6.45) is 0. The van der Waals surface area contributed by atoms with Crippen LogP contribution < -0.4 is 4.57 Å². The van der Waals surface area contributed by atoms with Crippen LogP contribution >= 0.6 is 0 Å². The van der Waals surface area contributed by atoms with E-state index in [-0.39, 0.29) is 0 Å². The van der Waals surface area contributed by atoms with Crippen molar-refractivity contribution in [3.05, 3.63) is 89.9 Å². The number of hydrogen-bond acceptors (Lipinski definition) is 2. The molecule has 4 nitrogen and oxygen atoms in total. The number of aryl methyl sites for hydroxylation is 2. The molecule has 0 atom stereocenters. The molecular weight excluding hydrogens is 425 g/mol. The number of imidazole rings is 1. The van der Waals surface area contributed by atoms with Crippen LogP contribution in [0.1, 0.15) is 30.9 Å². The lowest BCUT2D eigenvalue weighted by Crippen LogP contribution is -2.30. The molecule has 6 aromatic rings. The molecule has 168 valence electrons. The lowest BCUT2D eigenvalue weighted by atomic mass is 10.00. The van der Waals surface area contributed by atoms with Crippen LogP contribution in [0.2, 0.25) is 0 Å². The Bertz CT molecular complexity index is 1730. The summed E-state index contributed by atoms with van der Waals surface area (Å²) in [6, 6.07) is 24.4. The van der Waals surface area contributed by atoms with Crippen LogP contribution in [0.5, 0.6) is 0 Å². The van der Waals surface area contributed by atoms with Gasteiger partial charge in [-0.25, -0.2) is 4.57 Å². The number of halogens is 1. The third kappa shape index (κ3) is 2.97. The highest BCUT2D eigenvalue weighted by molar-refractivity contribution is 6.05. The average Bonchev–Trinajstić information content (AvgIpc) is 3.32. The SMILES string of the molecule is Cc1cc2oc3nc(F)ccc3c2cc1-c1n(-c2ccccc2C(C)C)c2ccccc2[n+]1C. The molecule has 0 unspecified atom stereocenters. The van der Waals surface area contributed by atoms with Crippen LogP contribution in [-0.2, 0) is 7.05 Å². The Morgan fingerprint density at radius 1 is 0.941 bits per heavy atom. The molecule has 0 fully saturated rings. The predicted molar refractivity (Wildman–Crippen MR) is 134 cm³/mol. The van der Waals surface area contributed by atoms with Gasteiger partial charge in [0, 0.05) is 16.3 Å². The van der Waals surface area contributed by atoms with E-state index in [0.29, 0.717) is 17.2 Å². The largest absolute Gasteiger partial charge is 0.438 e. The first kappa shape index (κ1) is 20.6. The van der Waals surface area contributed by atoms with Gasteiger partial charge in [0.05, 0.1) is 12.6 Å². The Morgan fingerprint density at radius 3 is 2.53 bits per heavy atom. The van der Waals surface area contributed by atoms with Crippen LogP contribution in [0.3, 0.4) is 0 Å². The van der Waals surface area contributed by atoms with Crippen LogP contribution in [0.15, 0.2) is 77.2 Å². The van der Waals surface area contributed by atoms with Gasteiger partial charge in [-0.05, 0) is 60.9 Å². The number of furan rings is 1. The number of pyridine rings is 1. The van der Waals surface area contributed by atoms with Gasteiger partial charge < -0.3 is 4.42 Å². The van der Waals surface area contributed by atoms with E-state index in [1.165, 1.54) is 17.3 Å². The van der Waals surface area contributed by atoms with Gasteiger partial charge in [0.15, 0.2) is 11.0 Å². The first-order valence-electron chi connectivity index (χ1n) is 11.5. The predicted octanol–water partition coefficient (Wildman–Crippen LogP) is 6.99. The highest BCUT2D eigenvalue weighted by Gasteiger charge is 2.29. The minimum absolute atomic E-state index is 0.321. The highest BCUT2D eigenvalue weighted by Crippen LogP contribution is 2.36. The van der Waals surface area contributed by atoms with Crippen molar-refractivity contribution in [1.82, 2.24) is 9.55 Å². The maximum Gasteiger partial charge on any atom is 0.295 e. The lowest BCUT2D eigenvalue weighted by molar-refractivity contribution is -0.633. The molecule has 34 heavy (non-hydrogen) atoms. The van der Waals surface area contributed by atoms with Gasteiger partial charge in [-0.15, -0.1) is 0 Å². The van der Waals surface area contributed by atoms with E-state index in [0.717, 1.165) is 38.8 Å². The summed E-state index contributed by atoms with van der Waals surface area (Å²) in [6.45, 7) is 6.54. The van der Waals surface area contributed by atoms with E-state index in [1.54, 1.807) is 6.07 Å². The topological polar surface area (TPSA) is 34.8 Å². The van der Waals surface area contributed by atoms with Gasteiger partial charge in [-0.2, -0.15) is 13.9 Å². The molecule has 5 heteroatoms. The first-order valence-corrected chi connectivity index (χ1v) is 11.5. The third-order valence-corrected chi connectivity index (χ3v) is 6.70. The number of para-hydroxylation sites is 3. The molecule has 0 aliphatic carbocycles. The van der Waals surface area contributed by atoms with Crippen molar-refractivity contribution in [2.24, 2.45) is 7.05 Å². The number of nitrogens with zero attached hydrogens (tertiary/aromatic N) is 3. The fraction of sp³-hybridized carbons (Fsp3) is 0.172. The molecule has 3 heterocycles. The second-order valence-corrected chi connectivity index (χ2v) is 9.17. The van der Waals surface area contributed by atoms with E-state index in [2.05, 4.69) is 96.5 Å². The maximum atomic E-state index is 13.7. The number of rotatable bonds is 3. The zero-order valence-corrected chi connectivity index (χ0v) is 19.6. The van der Waals surface area contributed by atoms with Crippen molar-refractivity contribution in [2.45, 2.75) is 26.7 Å². The zero-order chi connectivity index (χ0) is 23.6. The summed E-state index contributed by atoms with van der Waals surface area (Å²) in [5.41, 5.74) is 7.96. The smallest absolute Gasteiger partial charge is 0.295 e. The Balaban J connectivity index is 1.74. The second-order valence-electron chi connectivity index (χ2n) is 9.17. The Kier molecular flexibility index (Phi) is 4.56. The molecule has 0 spiro atoms. The lowest BCUT2D eigenvalue weighted by Gasteiger charge is -2.12. The molecule has 3 aromatic heterocycles. The number of aromatic nitrogens is 3. The maximum absolute atomic E-state index is 13.7. The molecule has 0 aliphatic rings. The number of benzene rings is 3. The Hall–Kier alpha value is -3.99. The van der Waals surface area contributed by atoms with Crippen molar-refractivity contribution < 1.29 is 13.4 Å². The van der Waals surface area contributed by atoms with Gasteiger partial charge in [-0.1, -0.05) is 44.2 Å². The summed E-state index contributed by atoms with van der Waals surface area (Å²) in [7, 11) is 2.11. The summed E-state index contributed by atoms with van der Waals surface area (Å²) < 4.78 is 24.2. The first-order chi connectivity index (χ1) is 16.4. The molecule has 0 N–H and O–H groups in total. The van der Waals surface area contributed by atoms with Crippen LogP contribution in [0.4, 0.5) is 4.39 Å². The molecule has 0 aliphatic heterocycles. The van der Waals surface area contributed by atoms with E-state index >= 15 is 0 Å². The van der Waals surface area contributed by atoms with Gasteiger partial charge in [0.2, 0.25) is 11.7 Å². The molecule has 0 radical (unpaired) electrons. The fourth-order valence-corrected chi connectivity index (χ4v) is 5.06. The quantitative estimate of drug-likeness (QED) is 0.215. The minimum atomic E-state index is -0.541. The Labute approximate surface area is 196 Å². The summed E-state index contributed by atoms with van der Waals surface area (Å²) in [5.74, 6) is 0.913. The van der Waals surface area contributed by atoms with E-state index < -0.39 is 5.95 Å². The summed E-state index contributed by atoms with van der Waals surface area (Å²) >= 11 is 0. The normalized spacial score (nSPS) is 11.9. The van der Waals surface area contributed by atoms with Crippen molar-refractivity contribution in [1.29, 1.82) is 0 Å². The average molecular weight is 451 g/mol. The molecule has 0 bridgehead atoms. The second kappa shape index (κ2) is 7.52. The van der Waals surface area contributed by atoms with Crippen molar-refractivity contribution in [3.8, 4) is 17.1 Å². The van der Waals surface area contributed by atoms with Gasteiger partial charge >= 0.3 is 0 Å². The summed E-state index contributed by atoms with van der Waals surface area (Å²) in [4.78, 5) is 3.95. The van der Waals surface area contributed by atoms with Crippen LogP contribution in [0.25, 0.3) is 50.2 Å². The van der Waals surface area contributed by atoms with Crippen LogP contribution in [-0.4, -0.2) is 9.55 Å². The molecule has 0 amide bonds. The zero-order valence-electron chi connectivity index (χ0n) is 19.6. The van der Waals surface area contributed by atoms with Gasteiger partial charge in [0.1, 0.15) is 11.3 Å². The summed E-state index contributed by atoms with van der Waals surface area (Å²) in [5, 5.41) is 1.74. The third-order valence-electron chi connectivity index (χ3n) is 6.70. The Morgan fingerprint density at radius 2 is 1.71 bits per heavy atom. The molecule has 3 aromatic carbocycles. The molecule has 0 saturated carbocycles. The minimum Gasteiger partial charge on any atom is -0.438 e. The number of fused-ring (bicyclic) bond motifs is 4. The molecule has 0 saturated heterocycles. The fourth-order valence-electron chi connectivity index (χ4n) is 5.06. The van der Waals surface area contributed by atoms with Gasteiger partial charge in [0.25, 0.3) is 5.82 Å². The molecule has 6 rings (SSSR count). The highest BCUT2D eigenvalue weighted by atomic mass is 19.1. The van der Waals surface area contributed by atoms with Crippen molar-refractivity contribution in [3.63, 3.8) is 0 Å². The van der Waals surface area contributed by atoms with Crippen molar-refractivity contribution >= 4 is 33.1 Å². The number of hydrogen-bond donors (Lipinski definition) is 0. The monoisotopic (exact) mass is 450 g/mol. The van der Waals surface area contributed by atoms with Gasteiger partial charge in [-0.3, -0.25) is 0 Å². The van der Waals surface area contributed by atoms with Crippen LogP contribution in [0, 0.1) is 12.9 Å². The van der Waals surface area contributed by atoms with E-state index in [9.17, 15) is 4.39 Å². The standard InChI is InChI=1S/C29H25FN3O/c1-17(2)19-9-5-6-10-23(19)33-25-12-8-7-11-24(25)32(4)29(33)21-16-22-20-13-14-27(30)31-28(20)34-26(22)15-18(21)3/h5-17H,1-4H3/q+1. The molecular formula is C29H25FN3O+.